The highest BCUT2D eigenvalue weighted by molar-refractivity contribution is 5.94. The summed E-state index contributed by atoms with van der Waals surface area (Å²) in [4.78, 5) is 24.7. The zero-order chi connectivity index (χ0) is 24.5. The van der Waals surface area contributed by atoms with Crippen molar-refractivity contribution in [1.29, 1.82) is 0 Å². The van der Waals surface area contributed by atoms with E-state index in [9.17, 15) is 14.7 Å². The first-order valence-electron chi connectivity index (χ1n) is 11.2. The predicted molar refractivity (Wildman–Crippen MR) is 136 cm³/mol. The van der Waals surface area contributed by atoms with Gasteiger partial charge in [0.05, 0.1) is 23.2 Å². The van der Waals surface area contributed by atoms with Crippen LogP contribution in [0.2, 0.25) is 0 Å². The van der Waals surface area contributed by atoms with E-state index in [0.29, 0.717) is 22.4 Å². The standard InChI is InChI=1S/C28H23N3O4/c1-16-11-22(17(2)31-24-6-4-3-5-21(24)28(33)34)27-23(12-16)25(32)13-26(35-27)19-9-7-18(8-10-19)20-14-29-30-15-20/h3-15,17,31H,1-2H3,(H,29,30)(H,33,34). The number of rotatable bonds is 6. The van der Waals surface area contributed by atoms with Gasteiger partial charge < -0.3 is 14.8 Å². The lowest BCUT2D eigenvalue weighted by Crippen LogP contribution is -2.12. The topological polar surface area (TPSA) is 108 Å². The maximum Gasteiger partial charge on any atom is 0.337 e. The molecule has 0 radical (unpaired) electrons. The van der Waals surface area contributed by atoms with Crippen LogP contribution in [-0.4, -0.2) is 21.3 Å². The summed E-state index contributed by atoms with van der Waals surface area (Å²) in [5.74, 6) is -0.549. The highest BCUT2D eigenvalue weighted by atomic mass is 16.4. The summed E-state index contributed by atoms with van der Waals surface area (Å²) < 4.78 is 6.31. The molecule has 7 nitrogen and oxygen atoms in total. The number of anilines is 1. The van der Waals surface area contributed by atoms with E-state index in [1.807, 2.05) is 56.4 Å². The first-order chi connectivity index (χ1) is 16.9. The molecular weight excluding hydrogens is 442 g/mol. The molecule has 0 saturated carbocycles. The predicted octanol–water partition coefficient (Wildman–Crippen LogP) is 6.03. The van der Waals surface area contributed by atoms with Gasteiger partial charge in [0.1, 0.15) is 11.3 Å². The van der Waals surface area contributed by atoms with Crippen LogP contribution in [0, 0.1) is 6.92 Å². The van der Waals surface area contributed by atoms with E-state index in [1.54, 1.807) is 30.5 Å². The molecule has 174 valence electrons. The van der Waals surface area contributed by atoms with E-state index < -0.39 is 5.97 Å². The minimum atomic E-state index is -1.01. The summed E-state index contributed by atoms with van der Waals surface area (Å²) in [7, 11) is 0. The molecule has 2 heterocycles. The summed E-state index contributed by atoms with van der Waals surface area (Å²) in [6.07, 6.45) is 3.56. The second-order valence-corrected chi connectivity index (χ2v) is 8.49. The highest BCUT2D eigenvalue weighted by Crippen LogP contribution is 2.32. The summed E-state index contributed by atoms with van der Waals surface area (Å²) in [5.41, 5.74) is 5.44. The lowest BCUT2D eigenvalue weighted by atomic mass is 10.00. The zero-order valence-electron chi connectivity index (χ0n) is 19.2. The fourth-order valence-corrected chi connectivity index (χ4v) is 4.24. The van der Waals surface area contributed by atoms with Crippen molar-refractivity contribution in [3.8, 4) is 22.5 Å². The number of nitrogens with zero attached hydrogens (tertiary/aromatic N) is 1. The number of H-pyrrole nitrogens is 1. The van der Waals surface area contributed by atoms with E-state index in [-0.39, 0.29) is 17.0 Å². The molecule has 3 N–H and O–H groups in total. The van der Waals surface area contributed by atoms with Gasteiger partial charge in [-0.15, -0.1) is 0 Å². The van der Waals surface area contributed by atoms with E-state index in [0.717, 1.165) is 27.8 Å². The molecule has 0 saturated heterocycles. The van der Waals surface area contributed by atoms with Gasteiger partial charge in [0.2, 0.25) is 0 Å². The van der Waals surface area contributed by atoms with E-state index in [2.05, 4.69) is 15.5 Å². The van der Waals surface area contributed by atoms with Crippen molar-refractivity contribution in [1.82, 2.24) is 10.2 Å². The van der Waals surface area contributed by atoms with Crippen molar-refractivity contribution >= 4 is 22.6 Å². The summed E-state index contributed by atoms with van der Waals surface area (Å²) in [5, 5.41) is 20.1. The molecule has 0 aliphatic carbocycles. The smallest absolute Gasteiger partial charge is 0.337 e. The van der Waals surface area contributed by atoms with Crippen LogP contribution >= 0.6 is 0 Å². The minimum absolute atomic E-state index is 0.136. The van der Waals surface area contributed by atoms with Crippen molar-refractivity contribution in [3.63, 3.8) is 0 Å². The Bertz CT molecular complexity index is 1590. The summed E-state index contributed by atoms with van der Waals surface area (Å²) >= 11 is 0. The fourth-order valence-electron chi connectivity index (χ4n) is 4.24. The number of aromatic nitrogens is 2. The van der Waals surface area contributed by atoms with Crippen molar-refractivity contribution in [2.75, 3.05) is 5.32 Å². The number of carbonyl (C=O) groups is 1. The Hall–Kier alpha value is -4.65. The summed E-state index contributed by atoms with van der Waals surface area (Å²) in [6, 6.07) is 19.4. The minimum Gasteiger partial charge on any atom is -0.478 e. The quantitative estimate of drug-likeness (QED) is 0.283. The molecule has 0 aliphatic heterocycles. The Labute approximate surface area is 201 Å². The molecule has 35 heavy (non-hydrogen) atoms. The van der Waals surface area contributed by atoms with Gasteiger partial charge in [-0.1, -0.05) is 42.5 Å². The Kier molecular flexibility index (Phi) is 5.66. The van der Waals surface area contributed by atoms with Crippen molar-refractivity contribution < 1.29 is 14.3 Å². The number of aromatic amines is 1. The maximum atomic E-state index is 13.1. The maximum absolute atomic E-state index is 13.1. The van der Waals surface area contributed by atoms with E-state index >= 15 is 0 Å². The van der Waals surface area contributed by atoms with Crippen LogP contribution < -0.4 is 10.7 Å². The second kappa shape index (κ2) is 8.95. The van der Waals surface area contributed by atoms with Gasteiger partial charge in [0.15, 0.2) is 5.43 Å². The molecule has 1 unspecified atom stereocenters. The van der Waals surface area contributed by atoms with Crippen LogP contribution in [-0.2, 0) is 0 Å². The van der Waals surface area contributed by atoms with Gasteiger partial charge in [-0.3, -0.25) is 9.89 Å². The van der Waals surface area contributed by atoms with E-state index in [4.69, 9.17) is 4.42 Å². The van der Waals surface area contributed by atoms with Crippen molar-refractivity contribution in [3.05, 3.63) is 106 Å². The molecule has 5 rings (SSSR count). The molecule has 5 aromatic rings. The monoisotopic (exact) mass is 465 g/mol. The molecule has 2 aromatic heterocycles. The third-order valence-corrected chi connectivity index (χ3v) is 6.00. The van der Waals surface area contributed by atoms with Gasteiger partial charge in [0.25, 0.3) is 0 Å². The third kappa shape index (κ3) is 4.31. The second-order valence-electron chi connectivity index (χ2n) is 8.49. The van der Waals surface area contributed by atoms with Gasteiger partial charge >= 0.3 is 5.97 Å². The number of carboxylic acid groups (broad SMARTS) is 1. The van der Waals surface area contributed by atoms with Crippen LogP contribution in [0.3, 0.4) is 0 Å². The van der Waals surface area contributed by atoms with Gasteiger partial charge in [-0.05, 0) is 43.2 Å². The lowest BCUT2D eigenvalue weighted by Gasteiger charge is -2.19. The molecular formula is C28H23N3O4. The number of benzene rings is 3. The Morgan fingerprint density at radius 2 is 1.77 bits per heavy atom. The molecule has 0 fully saturated rings. The Balaban J connectivity index is 1.57. The van der Waals surface area contributed by atoms with E-state index in [1.165, 1.54) is 6.07 Å². The number of para-hydroxylation sites is 1. The van der Waals surface area contributed by atoms with Gasteiger partial charge in [-0.25, -0.2) is 4.79 Å². The number of hydrogen-bond donors (Lipinski definition) is 3. The van der Waals surface area contributed by atoms with Gasteiger partial charge in [-0.2, -0.15) is 5.10 Å². The third-order valence-electron chi connectivity index (χ3n) is 6.00. The molecule has 0 aliphatic rings. The van der Waals surface area contributed by atoms with Crippen LogP contribution in [0.1, 0.15) is 34.5 Å². The fraction of sp³-hybridized carbons (Fsp3) is 0.107. The normalized spacial score (nSPS) is 11.9. The average Bonchev–Trinajstić information content (AvgIpc) is 3.39. The molecule has 7 heteroatoms. The van der Waals surface area contributed by atoms with Crippen molar-refractivity contribution in [2.24, 2.45) is 0 Å². The number of hydrogen-bond acceptors (Lipinski definition) is 5. The van der Waals surface area contributed by atoms with Crippen LogP contribution in [0.25, 0.3) is 33.4 Å². The molecule has 0 bridgehead atoms. The molecule has 0 amide bonds. The Morgan fingerprint density at radius 3 is 2.49 bits per heavy atom. The van der Waals surface area contributed by atoms with Crippen LogP contribution in [0.15, 0.2) is 88.3 Å². The molecule has 0 spiro atoms. The number of aryl methyl sites for hydroxylation is 1. The Morgan fingerprint density at radius 1 is 1.03 bits per heavy atom. The average molecular weight is 466 g/mol. The van der Waals surface area contributed by atoms with Crippen molar-refractivity contribution in [2.45, 2.75) is 19.9 Å². The van der Waals surface area contributed by atoms with Crippen LogP contribution in [0.4, 0.5) is 5.69 Å². The summed E-state index contributed by atoms with van der Waals surface area (Å²) in [6.45, 7) is 3.84. The largest absolute Gasteiger partial charge is 0.478 e. The number of carboxylic acids is 1. The first-order valence-corrected chi connectivity index (χ1v) is 11.2. The molecule has 3 aromatic carbocycles. The zero-order valence-corrected chi connectivity index (χ0v) is 19.2. The SMILES string of the molecule is Cc1cc(C(C)Nc2ccccc2C(=O)O)c2oc(-c3ccc(-c4cn[nH]c4)cc3)cc(=O)c2c1. The number of aromatic carboxylic acids is 1. The first kappa shape index (κ1) is 22.2. The molecule has 1 atom stereocenters. The number of nitrogens with one attached hydrogen (secondary N) is 2. The van der Waals surface area contributed by atoms with Gasteiger partial charge in [0, 0.05) is 34.6 Å². The highest BCUT2D eigenvalue weighted by Gasteiger charge is 2.18. The van der Waals surface area contributed by atoms with Crippen LogP contribution in [0.5, 0.6) is 0 Å². The lowest BCUT2D eigenvalue weighted by molar-refractivity contribution is 0.0698. The number of fused-ring (bicyclic) bond motifs is 1.